The Hall–Kier alpha value is -2.13. The molecule has 0 bridgehead atoms. The molecule has 3 nitrogen and oxygen atoms in total. The van der Waals surface area contributed by atoms with Crippen LogP contribution in [0.15, 0.2) is 54.6 Å². The zero-order valence-electron chi connectivity index (χ0n) is 12.7. The van der Waals surface area contributed by atoms with Crippen molar-refractivity contribution in [3.8, 4) is 0 Å². The lowest BCUT2D eigenvalue weighted by Gasteiger charge is -2.23. The van der Waals surface area contributed by atoms with Gasteiger partial charge in [-0.15, -0.1) is 0 Å². The van der Waals surface area contributed by atoms with Gasteiger partial charge in [0.25, 0.3) is 0 Å². The summed E-state index contributed by atoms with van der Waals surface area (Å²) in [6.45, 7) is 3.69. The minimum atomic E-state index is -0.0540. The van der Waals surface area contributed by atoms with Crippen LogP contribution in [-0.4, -0.2) is 24.3 Å². The highest BCUT2D eigenvalue weighted by atomic mass is 15.1. The number of benzene rings is 2. The van der Waals surface area contributed by atoms with Crippen molar-refractivity contribution < 1.29 is 0 Å². The van der Waals surface area contributed by atoms with Crippen LogP contribution in [0, 0.1) is 12.3 Å². The first-order valence-electron chi connectivity index (χ1n) is 7.19. The Morgan fingerprint density at radius 1 is 1.10 bits per heavy atom. The van der Waals surface area contributed by atoms with Crippen LogP contribution < -0.4 is 5.73 Å². The van der Waals surface area contributed by atoms with E-state index in [1.54, 1.807) is 0 Å². The number of amidine groups is 1. The molecule has 3 N–H and O–H groups in total. The van der Waals surface area contributed by atoms with Crippen LogP contribution in [0.25, 0.3) is 0 Å². The molecule has 1 atom stereocenters. The quantitative estimate of drug-likeness (QED) is 0.631. The summed E-state index contributed by atoms with van der Waals surface area (Å²) < 4.78 is 0. The van der Waals surface area contributed by atoms with E-state index in [2.05, 4.69) is 43.1 Å². The van der Waals surface area contributed by atoms with E-state index < -0.39 is 0 Å². The first kappa shape index (κ1) is 15.3. The van der Waals surface area contributed by atoms with Crippen LogP contribution in [0.3, 0.4) is 0 Å². The molecule has 0 spiro atoms. The minimum Gasteiger partial charge on any atom is -0.387 e. The van der Waals surface area contributed by atoms with E-state index in [-0.39, 0.29) is 11.8 Å². The highest BCUT2D eigenvalue weighted by Crippen LogP contribution is 2.17. The lowest BCUT2D eigenvalue weighted by atomic mass is 9.97. The SMILES string of the molecule is Cc1ccc(CN(C)CC(C(=N)N)c2ccccc2)cc1. The molecule has 0 heterocycles. The molecular formula is C18H23N3. The second kappa shape index (κ2) is 7.04. The van der Waals surface area contributed by atoms with E-state index in [1.807, 2.05) is 30.3 Å². The molecule has 0 aliphatic heterocycles. The third kappa shape index (κ3) is 4.43. The van der Waals surface area contributed by atoms with Gasteiger partial charge in [-0.05, 0) is 25.1 Å². The Morgan fingerprint density at radius 2 is 1.71 bits per heavy atom. The number of likely N-dealkylation sites (N-methyl/N-ethyl adjacent to an activating group) is 1. The van der Waals surface area contributed by atoms with Gasteiger partial charge in [-0.1, -0.05) is 60.2 Å². The summed E-state index contributed by atoms with van der Waals surface area (Å²) in [6, 6.07) is 18.6. The third-order valence-electron chi connectivity index (χ3n) is 3.64. The molecule has 2 rings (SSSR count). The van der Waals surface area contributed by atoms with E-state index in [4.69, 9.17) is 11.1 Å². The standard InChI is InChI=1S/C18H23N3/c1-14-8-10-15(11-9-14)12-21(2)13-17(18(19)20)16-6-4-3-5-7-16/h3-11,17H,12-13H2,1-2H3,(H3,19,20). The van der Waals surface area contributed by atoms with Crippen molar-refractivity contribution in [1.82, 2.24) is 4.90 Å². The van der Waals surface area contributed by atoms with Crippen molar-refractivity contribution in [3.05, 3.63) is 71.3 Å². The zero-order valence-corrected chi connectivity index (χ0v) is 12.7. The molecule has 0 aliphatic carbocycles. The molecule has 3 heteroatoms. The van der Waals surface area contributed by atoms with Gasteiger partial charge >= 0.3 is 0 Å². The number of aryl methyl sites for hydroxylation is 1. The molecule has 0 aromatic heterocycles. The van der Waals surface area contributed by atoms with Crippen molar-refractivity contribution in [1.29, 1.82) is 5.41 Å². The molecule has 0 fully saturated rings. The highest BCUT2D eigenvalue weighted by molar-refractivity contribution is 5.84. The van der Waals surface area contributed by atoms with Gasteiger partial charge in [0.2, 0.25) is 0 Å². The van der Waals surface area contributed by atoms with Crippen LogP contribution in [0.2, 0.25) is 0 Å². The summed E-state index contributed by atoms with van der Waals surface area (Å²) in [4.78, 5) is 2.21. The summed E-state index contributed by atoms with van der Waals surface area (Å²) in [5, 5.41) is 7.84. The Bertz CT molecular complexity index is 575. The largest absolute Gasteiger partial charge is 0.387 e. The topological polar surface area (TPSA) is 53.1 Å². The first-order valence-corrected chi connectivity index (χ1v) is 7.19. The summed E-state index contributed by atoms with van der Waals surface area (Å²) in [6.07, 6.45) is 0. The van der Waals surface area contributed by atoms with E-state index in [0.29, 0.717) is 0 Å². The smallest absolute Gasteiger partial charge is 0.0995 e. The van der Waals surface area contributed by atoms with Gasteiger partial charge in [-0.25, -0.2) is 0 Å². The molecule has 0 saturated carbocycles. The maximum atomic E-state index is 7.84. The number of nitrogens with two attached hydrogens (primary N) is 1. The monoisotopic (exact) mass is 281 g/mol. The molecular weight excluding hydrogens is 258 g/mol. The summed E-state index contributed by atoms with van der Waals surface area (Å²) in [7, 11) is 2.07. The minimum absolute atomic E-state index is 0.0540. The van der Waals surface area contributed by atoms with Gasteiger partial charge in [0.05, 0.1) is 11.8 Å². The van der Waals surface area contributed by atoms with Gasteiger partial charge in [0.1, 0.15) is 0 Å². The predicted molar refractivity (Wildman–Crippen MR) is 88.6 cm³/mol. The fourth-order valence-electron chi connectivity index (χ4n) is 2.45. The van der Waals surface area contributed by atoms with Crippen LogP contribution in [0.4, 0.5) is 0 Å². The fraction of sp³-hybridized carbons (Fsp3) is 0.278. The van der Waals surface area contributed by atoms with E-state index in [1.165, 1.54) is 11.1 Å². The van der Waals surface area contributed by atoms with Crippen LogP contribution in [0.5, 0.6) is 0 Å². The lowest BCUT2D eigenvalue weighted by Crippen LogP contribution is -2.32. The molecule has 0 amide bonds. The predicted octanol–water partition coefficient (Wildman–Crippen LogP) is 3.15. The molecule has 110 valence electrons. The molecule has 1 unspecified atom stereocenters. The van der Waals surface area contributed by atoms with Gasteiger partial charge in [0, 0.05) is 13.1 Å². The first-order chi connectivity index (χ1) is 10.1. The Labute approximate surface area is 126 Å². The number of hydrogen-bond acceptors (Lipinski definition) is 2. The molecule has 2 aromatic carbocycles. The van der Waals surface area contributed by atoms with Crippen LogP contribution >= 0.6 is 0 Å². The molecule has 2 aromatic rings. The van der Waals surface area contributed by atoms with Crippen LogP contribution in [-0.2, 0) is 6.54 Å². The molecule has 21 heavy (non-hydrogen) atoms. The Balaban J connectivity index is 2.03. The fourth-order valence-corrected chi connectivity index (χ4v) is 2.45. The number of rotatable bonds is 6. The number of nitrogens with zero attached hydrogens (tertiary/aromatic N) is 1. The van der Waals surface area contributed by atoms with Gasteiger partial charge in [-0.3, -0.25) is 5.41 Å². The molecule has 0 aliphatic rings. The second-order valence-electron chi connectivity index (χ2n) is 5.60. The van der Waals surface area contributed by atoms with Gasteiger partial charge in [-0.2, -0.15) is 0 Å². The molecule has 0 saturated heterocycles. The zero-order chi connectivity index (χ0) is 15.2. The maximum absolute atomic E-state index is 7.84. The number of nitrogens with one attached hydrogen (secondary N) is 1. The molecule has 0 radical (unpaired) electrons. The van der Waals surface area contributed by atoms with Crippen molar-refractivity contribution >= 4 is 5.84 Å². The normalized spacial score (nSPS) is 12.3. The van der Waals surface area contributed by atoms with E-state index >= 15 is 0 Å². The third-order valence-corrected chi connectivity index (χ3v) is 3.64. The Kier molecular flexibility index (Phi) is 5.12. The van der Waals surface area contributed by atoms with E-state index in [9.17, 15) is 0 Å². The van der Waals surface area contributed by atoms with Gasteiger partial charge < -0.3 is 10.6 Å². The second-order valence-corrected chi connectivity index (χ2v) is 5.60. The lowest BCUT2D eigenvalue weighted by molar-refractivity contribution is 0.322. The average molecular weight is 281 g/mol. The summed E-state index contributed by atoms with van der Waals surface area (Å²) in [5.74, 6) is 0.165. The summed E-state index contributed by atoms with van der Waals surface area (Å²) >= 11 is 0. The van der Waals surface area contributed by atoms with Gasteiger partial charge in [0.15, 0.2) is 0 Å². The van der Waals surface area contributed by atoms with E-state index in [0.717, 1.165) is 18.7 Å². The van der Waals surface area contributed by atoms with Crippen molar-refractivity contribution in [2.45, 2.75) is 19.4 Å². The van der Waals surface area contributed by atoms with Crippen molar-refractivity contribution in [2.75, 3.05) is 13.6 Å². The average Bonchev–Trinajstić information content (AvgIpc) is 2.48. The summed E-state index contributed by atoms with van der Waals surface area (Å²) in [5.41, 5.74) is 9.43. The van der Waals surface area contributed by atoms with Crippen molar-refractivity contribution in [2.24, 2.45) is 5.73 Å². The maximum Gasteiger partial charge on any atom is 0.0995 e. The van der Waals surface area contributed by atoms with Crippen molar-refractivity contribution in [3.63, 3.8) is 0 Å². The Morgan fingerprint density at radius 3 is 2.29 bits per heavy atom. The number of hydrogen-bond donors (Lipinski definition) is 2. The highest BCUT2D eigenvalue weighted by Gasteiger charge is 2.17. The van der Waals surface area contributed by atoms with Crippen LogP contribution in [0.1, 0.15) is 22.6 Å².